The number of thioether (sulfide) groups is 1. The van der Waals surface area contributed by atoms with E-state index >= 15 is 0 Å². The maximum absolute atomic E-state index is 13.3. The molecule has 0 radical (unpaired) electrons. The van der Waals surface area contributed by atoms with Crippen molar-refractivity contribution in [2.24, 2.45) is 5.92 Å². The summed E-state index contributed by atoms with van der Waals surface area (Å²) in [5.41, 5.74) is 0.660. The second kappa shape index (κ2) is 6.39. The van der Waals surface area contributed by atoms with Gasteiger partial charge in [-0.05, 0) is 31.0 Å². The molecule has 0 bridgehead atoms. The number of rotatable bonds is 4. The minimum atomic E-state index is -0.501. The first kappa shape index (κ1) is 15.7. The molecule has 21 heavy (non-hydrogen) atoms. The molecule has 1 unspecified atom stereocenters. The van der Waals surface area contributed by atoms with Crippen molar-refractivity contribution in [3.05, 3.63) is 29.6 Å². The van der Waals surface area contributed by atoms with Crippen LogP contribution in [0.15, 0.2) is 18.2 Å². The molecule has 0 aliphatic carbocycles. The zero-order valence-electron chi connectivity index (χ0n) is 11.9. The van der Waals surface area contributed by atoms with Gasteiger partial charge in [0.1, 0.15) is 5.82 Å². The topological polar surface area (TPSA) is 54.5 Å². The van der Waals surface area contributed by atoms with E-state index in [0.717, 1.165) is 6.07 Å². The van der Waals surface area contributed by atoms with E-state index < -0.39 is 5.82 Å². The normalized spacial score (nSPS) is 18.1. The average molecular weight is 309 g/mol. The van der Waals surface area contributed by atoms with Crippen LogP contribution in [-0.2, 0) is 9.59 Å². The Bertz CT molecular complexity index is 603. The lowest BCUT2D eigenvalue weighted by molar-refractivity contribution is -0.117. The van der Waals surface area contributed by atoms with Crippen LogP contribution in [0.4, 0.5) is 10.1 Å². The van der Waals surface area contributed by atoms with Crippen molar-refractivity contribution in [3.8, 4) is 0 Å². The summed E-state index contributed by atoms with van der Waals surface area (Å²) >= 11 is 1.20. The van der Waals surface area contributed by atoms with Gasteiger partial charge in [0.25, 0.3) is 0 Å². The number of hydrogen-bond donors (Lipinski definition) is 0. The van der Waals surface area contributed by atoms with E-state index in [4.69, 9.17) is 0 Å². The second-order valence-electron chi connectivity index (χ2n) is 5.09. The standard InChI is InChI=1S/C15H16FNO3S/c1-9(18)13-6-12(16)3-4-14(13)17-7-11(5-15(17)20)8-21-10(2)19/h3-4,6,11H,5,7-8H2,1-2H3. The molecule has 1 aromatic rings. The largest absolute Gasteiger partial charge is 0.311 e. The summed E-state index contributed by atoms with van der Waals surface area (Å²) in [5, 5.41) is 0.0205. The molecule has 1 saturated heterocycles. The van der Waals surface area contributed by atoms with Gasteiger partial charge in [0.2, 0.25) is 5.91 Å². The molecule has 0 saturated carbocycles. The number of hydrogen-bond acceptors (Lipinski definition) is 4. The monoisotopic (exact) mass is 309 g/mol. The molecule has 112 valence electrons. The van der Waals surface area contributed by atoms with Crippen LogP contribution in [0.5, 0.6) is 0 Å². The van der Waals surface area contributed by atoms with Crippen LogP contribution in [0, 0.1) is 11.7 Å². The Labute approximate surface area is 126 Å². The molecule has 1 aliphatic rings. The molecule has 1 amide bonds. The van der Waals surface area contributed by atoms with Gasteiger partial charge in [0, 0.05) is 31.2 Å². The highest BCUT2D eigenvalue weighted by Crippen LogP contribution is 2.30. The molecule has 0 aromatic heterocycles. The fraction of sp³-hybridized carbons (Fsp3) is 0.400. The third-order valence-electron chi connectivity index (χ3n) is 3.36. The Morgan fingerprint density at radius 2 is 2.10 bits per heavy atom. The van der Waals surface area contributed by atoms with Gasteiger partial charge in [-0.1, -0.05) is 11.8 Å². The van der Waals surface area contributed by atoms with Gasteiger partial charge in [0.05, 0.1) is 5.69 Å². The zero-order chi connectivity index (χ0) is 15.6. The lowest BCUT2D eigenvalue weighted by Gasteiger charge is -2.19. The number of carbonyl (C=O) groups is 3. The molecular weight excluding hydrogens is 293 g/mol. The molecular formula is C15H16FNO3S. The third kappa shape index (κ3) is 3.69. The third-order valence-corrected chi connectivity index (χ3v) is 4.40. The molecule has 1 fully saturated rings. The summed E-state index contributed by atoms with van der Waals surface area (Å²) in [5.74, 6) is -0.235. The van der Waals surface area contributed by atoms with E-state index in [0.29, 0.717) is 24.4 Å². The Balaban J connectivity index is 2.21. The van der Waals surface area contributed by atoms with Crippen molar-refractivity contribution in [1.82, 2.24) is 0 Å². The van der Waals surface area contributed by atoms with E-state index in [9.17, 15) is 18.8 Å². The van der Waals surface area contributed by atoms with Crippen molar-refractivity contribution < 1.29 is 18.8 Å². The van der Waals surface area contributed by atoms with Crippen molar-refractivity contribution in [1.29, 1.82) is 0 Å². The molecule has 1 heterocycles. The van der Waals surface area contributed by atoms with E-state index in [-0.39, 0.29) is 28.3 Å². The van der Waals surface area contributed by atoms with Crippen LogP contribution in [0.3, 0.4) is 0 Å². The van der Waals surface area contributed by atoms with E-state index in [2.05, 4.69) is 0 Å². The van der Waals surface area contributed by atoms with Gasteiger partial charge in [0.15, 0.2) is 10.9 Å². The van der Waals surface area contributed by atoms with E-state index in [1.165, 1.54) is 42.6 Å². The molecule has 0 N–H and O–H groups in total. The number of ketones is 1. The number of carbonyl (C=O) groups excluding carboxylic acids is 3. The van der Waals surface area contributed by atoms with E-state index in [1.54, 1.807) is 0 Å². The molecule has 1 aliphatic heterocycles. The highest BCUT2D eigenvalue weighted by atomic mass is 32.2. The lowest BCUT2D eigenvalue weighted by Crippen LogP contribution is -2.26. The number of Topliss-reactive ketones (excluding diaryl/α,β-unsaturated/α-hetero) is 1. The SMILES string of the molecule is CC(=O)SCC1CC(=O)N(c2ccc(F)cc2C(C)=O)C1. The molecule has 6 heteroatoms. The first-order valence-electron chi connectivity index (χ1n) is 6.62. The number of halogens is 1. The summed E-state index contributed by atoms with van der Waals surface area (Å²) in [4.78, 5) is 36.2. The maximum Gasteiger partial charge on any atom is 0.227 e. The quantitative estimate of drug-likeness (QED) is 0.802. The summed E-state index contributed by atoms with van der Waals surface area (Å²) in [6, 6.07) is 3.86. The lowest BCUT2D eigenvalue weighted by atomic mass is 10.1. The Hall–Kier alpha value is -1.69. The predicted octanol–water partition coefficient (Wildman–Crippen LogP) is 2.66. The van der Waals surface area contributed by atoms with Gasteiger partial charge in [-0.3, -0.25) is 14.4 Å². The maximum atomic E-state index is 13.3. The highest BCUT2D eigenvalue weighted by molar-refractivity contribution is 8.13. The number of amides is 1. The Morgan fingerprint density at radius 1 is 1.38 bits per heavy atom. The molecule has 1 atom stereocenters. The number of nitrogens with zero attached hydrogens (tertiary/aromatic N) is 1. The van der Waals surface area contributed by atoms with Crippen LogP contribution in [0.25, 0.3) is 0 Å². The first-order chi connectivity index (χ1) is 9.88. The molecule has 1 aromatic carbocycles. The Morgan fingerprint density at radius 3 is 2.71 bits per heavy atom. The minimum absolute atomic E-state index is 0.0205. The van der Waals surface area contributed by atoms with Gasteiger partial charge >= 0.3 is 0 Å². The average Bonchev–Trinajstić information content (AvgIpc) is 2.77. The van der Waals surface area contributed by atoms with Crippen molar-refractivity contribution in [3.63, 3.8) is 0 Å². The fourth-order valence-electron chi connectivity index (χ4n) is 2.39. The number of benzene rings is 1. The smallest absolute Gasteiger partial charge is 0.227 e. The van der Waals surface area contributed by atoms with Gasteiger partial charge in [-0.15, -0.1) is 0 Å². The Kier molecular flexibility index (Phi) is 4.77. The van der Waals surface area contributed by atoms with Crippen LogP contribution >= 0.6 is 11.8 Å². The van der Waals surface area contributed by atoms with Crippen molar-refractivity contribution in [2.75, 3.05) is 17.2 Å². The van der Waals surface area contributed by atoms with Gasteiger partial charge < -0.3 is 4.90 Å². The molecule has 0 spiro atoms. The molecule has 2 rings (SSSR count). The van der Waals surface area contributed by atoms with Crippen LogP contribution in [0.2, 0.25) is 0 Å². The first-order valence-corrected chi connectivity index (χ1v) is 7.61. The van der Waals surface area contributed by atoms with Crippen LogP contribution in [0.1, 0.15) is 30.6 Å². The van der Waals surface area contributed by atoms with Crippen molar-refractivity contribution in [2.45, 2.75) is 20.3 Å². The molecule has 4 nitrogen and oxygen atoms in total. The van der Waals surface area contributed by atoms with Crippen LogP contribution in [-0.4, -0.2) is 29.1 Å². The summed E-state index contributed by atoms with van der Waals surface area (Å²) in [6.07, 6.45) is 0.342. The summed E-state index contributed by atoms with van der Waals surface area (Å²) in [6.45, 7) is 3.29. The summed E-state index contributed by atoms with van der Waals surface area (Å²) in [7, 11) is 0. The van der Waals surface area contributed by atoms with E-state index in [1.807, 2.05) is 0 Å². The predicted molar refractivity (Wildman–Crippen MR) is 80.0 cm³/mol. The fourth-order valence-corrected chi connectivity index (χ4v) is 3.08. The zero-order valence-corrected chi connectivity index (χ0v) is 12.7. The number of anilines is 1. The van der Waals surface area contributed by atoms with Crippen molar-refractivity contribution >= 4 is 34.3 Å². The summed E-state index contributed by atoms with van der Waals surface area (Å²) < 4.78 is 13.3. The van der Waals surface area contributed by atoms with Crippen LogP contribution < -0.4 is 4.90 Å². The van der Waals surface area contributed by atoms with Gasteiger partial charge in [-0.25, -0.2) is 4.39 Å². The second-order valence-corrected chi connectivity index (χ2v) is 6.29. The minimum Gasteiger partial charge on any atom is -0.311 e. The highest BCUT2D eigenvalue weighted by Gasteiger charge is 2.32. The van der Waals surface area contributed by atoms with Gasteiger partial charge in [-0.2, -0.15) is 0 Å².